The van der Waals surface area contributed by atoms with Gasteiger partial charge in [0, 0.05) is 29.0 Å². The molecule has 5 rings (SSSR count). The molecule has 4 aromatic rings. The molecule has 1 aromatic carbocycles. The van der Waals surface area contributed by atoms with Crippen LogP contribution in [0.2, 0.25) is 0 Å². The standard InChI is InChI=1S/C20H22N10OS/c21-12-4-1-2-5-14(12)26-19-27-18(16(17(22)31)28-29-19)25-13-6-3-7-15-11(13)10-24-30(15)20-23-8-9-32-20/h3,6-10,12,14H,1-2,4-5,21H2,(H2,22,31)(H2,25,26,27,29)/t12-,14+/m0/s1. The first kappa shape index (κ1) is 20.3. The average molecular weight is 451 g/mol. The van der Waals surface area contributed by atoms with Crippen LogP contribution in [-0.2, 0) is 0 Å². The van der Waals surface area contributed by atoms with Crippen molar-refractivity contribution >= 4 is 45.6 Å². The van der Waals surface area contributed by atoms with Crippen LogP contribution in [0.25, 0.3) is 16.0 Å². The molecule has 1 aliphatic carbocycles. The minimum atomic E-state index is -0.723. The van der Waals surface area contributed by atoms with E-state index in [0.29, 0.717) is 11.6 Å². The molecule has 164 valence electrons. The van der Waals surface area contributed by atoms with E-state index in [4.69, 9.17) is 11.5 Å². The number of aromatic nitrogens is 6. The van der Waals surface area contributed by atoms with Crippen LogP contribution < -0.4 is 22.1 Å². The van der Waals surface area contributed by atoms with Crippen molar-refractivity contribution in [1.29, 1.82) is 0 Å². The molecule has 11 nitrogen and oxygen atoms in total. The van der Waals surface area contributed by atoms with Crippen LogP contribution in [0.4, 0.5) is 17.5 Å². The number of thiazole rings is 1. The maximum absolute atomic E-state index is 12.0. The van der Waals surface area contributed by atoms with E-state index in [9.17, 15) is 4.79 Å². The fourth-order valence-electron chi connectivity index (χ4n) is 3.91. The SMILES string of the molecule is NC(=O)c1nnc(N[C@@H]2CCCC[C@@H]2N)nc1Nc1cccc2c1cnn2-c1nccs1. The van der Waals surface area contributed by atoms with Crippen LogP contribution in [-0.4, -0.2) is 47.9 Å². The number of rotatable bonds is 6. The Kier molecular flexibility index (Phi) is 5.37. The molecule has 1 saturated carbocycles. The maximum atomic E-state index is 12.0. The van der Waals surface area contributed by atoms with Crippen molar-refractivity contribution in [2.75, 3.05) is 10.6 Å². The van der Waals surface area contributed by atoms with Crippen LogP contribution >= 0.6 is 11.3 Å². The molecule has 0 aliphatic heterocycles. The summed E-state index contributed by atoms with van der Waals surface area (Å²) in [5.74, 6) is -0.210. The molecule has 1 fully saturated rings. The number of hydrogen-bond acceptors (Lipinski definition) is 10. The fraction of sp³-hybridized carbons (Fsp3) is 0.300. The number of primary amides is 1. The minimum Gasteiger partial charge on any atom is -0.364 e. The van der Waals surface area contributed by atoms with Gasteiger partial charge in [-0.05, 0) is 25.0 Å². The summed E-state index contributed by atoms with van der Waals surface area (Å²) in [5.41, 5.74) is 13.3. The van der Waals surface area contributed by atoms with Crippen LogP contribution in [0.3, 0.4) is 0 Å². The van der Waals surface area contributed by atoms with Gasteiger partial charge in [-0.1, -0.05) is 18.9 Å². The van der Waals surface area contributed by atoms with Gasteiger partial charge in [-0.15, -0.1) is 21.5 Å². The van der Waals surface area contributed by atoms with Gasteiger partial charge in [-0.2, -0.15) is 10.1 Å². The topological polar surface area (TPSA) is 163 Å². The Hall–Kier alpha value is -3.64. The Bertz CT molecular complexity index is 1250. The maximum Gasteiger partial charge on any atom is 0.273 e. The van der Waals surface area contributed by atoms with E-state index in [1.54, 1.807) is 17.1 Å². The highest BCUT2D eigenvalue weighted by Gasteiger charge is 2.24. The molecule has 12 heteroatoms. The number of carbonyl (C=O) groups is 1. The summed E-state index contributed by atoms with van der Waals surface area (Å²) in [4.78, 5) is 20.8. The van der Waals surface area contributed by atoms with Gasteiger partial charge in [-0.25, -0.2) is 9.67 Å². The van der Waals surface area contributed by atoms with E-state index in [1.807, 2.05) is 23.6 Å². The highest BCUT2D eigenvalue weighted by molar-refractivity contribution is 7.12. The Labute approximate surface area is 187 Å². The predicted molar refractivity (Wildman–Crippen MR) is 122 cm³/mol. The molecular weight excluding hydrogens is 428 g/mol. The van der Waals surface area contributed by atoms with Crippen molar-refractivity contribution in [3.63, 3.8) is 0 Å². The van der Waals surface area contributed by atoms with Crippen molar-refractivity contribution in [2.24, 2.45) is 11.5 Å². The smallest absolute Gasteiger partial charge is 0.273 e. The molecule has 1 amide bonds. The third-order valence-corrected chi connectivity index (χ3v) is 6.27. The molecular formula is C20H22N10OS. The predicted octanol–water partition coefficient (Wildman–Crippen LogP) is 2.19. The fourth-order valence-corrected chi connectivity index (χ4v) is 4.52. The summed E-state index contributed by atoms with van der Waals surface area (Å²) in [6.45, 7) is 0. The second-order valence-electron chi connectivity index (χ2n) is 7.63. The third kappa shape index (κ3) is 3.85. The molecule has 2 atom stereocenters. The van der Waals surface area contributed by atoms with Crippen LogP contribution in [0.1, 0.15) is 36.2 Å². The number of nitrogens with two attached hydrogens (primary N) is 2. The molecule has 3 heterocycles. The number of anilines is 3. The van der Waals surface area contributed by atoms with Crippen LogP contribution in [0.15, 0.2) is 36.0 Å². The molecule has 3 aromatic heterocycles. The summed E-state index contributed by atoms with van der Waals surface area (Å²) in [6.07, 6.45) is 7.55. The van der Waals surface area contributed by atoms with E-state index in [-0.39, 0.29) is 23.6 Å². The van der Waals surface area contributed by atoms with Crippen molar-refractivity contribution in [3.8, 4) is 5.13 Å². The first-order valence-electron chi connectivity index (χ1n) is 10.3. The van der Waals surface area contributed by atoms with E-state index < -0.39 is 5.91 Å². The average Bonchev–Trinajstić information content (AvgIpc) is 3.45. The van der Waals surface area contributed by atoms with Gasteiger partial charge in [-0.3, -0.25) is 4.79 Å². The number of fused-ring (bicyclic) bond motifs is 1. The third-order valence-electron chi connectivity index (χ3n) is 5.52. The van der Waals surface area contributed by atoms with Crippen molar-refractivity contribution in [3.05, 3.63) is 41.7 Å². The lowest BCUT2D eigenvalue weighted by Crippen LogP contribution is -2.43. The molecule has 0 radical (unpaired) electrons. The number of benzene rings is 1. The van der Waals surface area contributed by atoms with E-state index >= 15 is 0 Å². The quantitative estimate of drug-likeness (QED) is 0.345. The highest BCUT2D eigenvalue weighted by atomic mass is 32.1. The van der Waals surface area contributed by atoms with Gasteiger partial charge < -0.3 is 22.1 Å². The van der Waals surface area contributed by atoms with Gasteiger partial charge >= 0.3 is 0 Å². The number of carbonyl (C=O) groups excluding carboxylic acids is 1. The zero-order chi connectivity index (χ0) is 22.1. The summed E-state index contributed by atoms with van der Waals surface area (Å²) in [7, 11) is 0. The Morgan fingerprint density at radius 2 is 2.09 bits per heavy atom. The zero-order valence-corrected chi connectivity index (χ0v) is 17.9. The Morgan fingerprint density at radius 3 is 2.88 bits per heavy atom. The Balaban J connectivity index is 1.49. The first-order chi connectivity index (χ1) is 15.6. The molecule has 0 spiro atoms. The van der Waals surface area contributed by atoms with E-state index in [1.165, 1.54) is 11.3 Å². The van der Waals surface area contributed by atoms with Crippen molar-refractivity contribution in [1.82, 2.24) is 29.9 Å². The molecule has 0 bridgehead atoms. The molecule has 0 saturated heterocycles. The zero-order valence-electron chi connectivity index (χ0n) is 17.1. The number of nitrogens with zero attached hydrogens (tertiary/aromatic N) is 6. The lowest BCUT2D eigenvalue weighted by atomic mass is 9.91. The van der Waals surface area contributed by atoms with Gasteiger partial charge in [0.15, 0.2) is 11.5 Å². The molecule has 0 unspecified atom stereocenters. The summed E-state index contributed by atoms with van der Waals surface area (Å²) < 4.78 is 1.76. The monoisotopic (exact) mass is 450 g/mol. The van der Waals surface area contributed by atoms with Gasteiger partial charge in [0.1, 0.15) is 0 Å². The van der Waals surface area contributed by atoms with Gasteiger partial charge in [0.2, 0.25) is 11.1 Å². The lowest BCUT2D eigenvalue weighted by molar-refractivity contribution is 0.0995. The van der Waals surface area contributed by atoms with Gasteiger partial charge in [0.05, 0.1) is 17.4 Å². The van der Waals surface area contributed by atoms with E-state index in [0.717, 1.165) is 41.7 Å². The number of nitrogens with one attached hydrogen (secondary N) is 2. The Morgan fingerprint density at radius 1 is 1.22 bits per heavy atom. The minimum absolute atomic E-state index is 0.0185. The number of hydrogen-bond donors (Lipinski definition) is 4. The second kappa shape index (κ2) is 8.48. The lowest BCUT2D eigenvalue weighted by Gasteiger charge is -2.29. The molecule has 32 heavy (non-hydrogen) atoms. The molecule has 6 N–H and O–H groups in total. The first-order valence-corrected chi connectivity index (χ1v) is 11.2. The van der Waals surface area contributed by atoms with Gasteiger partial charge in [0.25, 0.3) is 5.91 Å². The summed E-state index contributed by atoms with van der Waals surface area (Å²) in [5, 5.41) is 22.4. The highest BCUT2D eigenvalue weighted by Crippen LogP contribution is 2.29. The number of amides is 1. The second-order valence-corrected chi connectivity index (χ2v) is 8.50. The van der Waals surface area contributed by atoms with E-state index in [2.05, 4.69) is 35.9 Å². The molecule has 1 aliphatic rings. The van der Waals surface area contributed by atoms with Crippen LogP contribution in [0, 0.1) is 0 Å². The van der Waals surface area contributed by atoms with Crippen molar-refractivity contribution < 1.29 is 4.79 Å². The summed E-state index contributed by atoms with van der Waals surface area (Å²) >= 11 is 1.49. The van der Waals surface area contributed by atoms with Crippen LogP contribution in [0.5, 0.6) is 0 Å². The summed E-state index contributed by atoms with van der Waals surface area (Å²) in [6, 6.07) is 5.77. The van der Waals surface area contributed by atoms with Crippen molar-refractivity contribution in [2.45, 2.75) is 37.8 Å². The normalized spacial score (nSPS) is 18.5. The largest absolute Gasteiger partial charge is 0.364 e.